The molecule has 230 valence electrons. The van der Waals surface area contributed by atoms with Crippen molar-refractivity contribution in [1.29, 1.82) is 0 Å². The van der Waals surface area contributed by atoms with E-state index in [9.17, 15) is 13.2 Å². The number of pyridine rings is 2. The van der Waals surface area contributed by atoms with E-state index in [2.05, 4.69) is 19.5 Å². The Morgan fingerprint density at radius 2 is 1.70 bits per heavy atom. The van der Waals surface area contributed by atoms with Crippen molar-refractivity contribution in [2.24, 2.45) is 0 Å². The van der Waals surface area contributed by atoms with Gasteiger partial charge < -0.3 is 14.7 Å². The molecule has 1 spiro atoms. The molecule has 0 atom stereocenters. The van der Waals surface area contributed by atoms with Crippen LogP contribution in [0.3, 0.4) is 0 Å². The van der Waals surface area contributed by atoms with E-state index in [0.29, 0.717) is 34.2 Å². The van der Waals surface area contributed by atoms with Gasteiger partial charge >= 0.3 is 0 Å². The molecule has 9 nitrogen and oxygen atoms in total. The maximum absolute atomic E-state index is 15.6. The molecule has 12 heteroatoms. The number of carbonyl (C=O) groups is 1. The normalized spacial score (nSPS) is 20.7. The number of halogens is 2. The fourth-order valence-electron chi connectivity index (χ4n) is 7.57. The molecule has 0 radical (unpaired) electrons. The Balaban J connectivity index is 0.00000329. The van der Waals surface area contributed by atoms with Gasteiger partial charge in [0.15, 0.2) is 5.82 Å². The van der Waals surface area contributed by atoms with Gasteiger partial charge in [-0.1, -0.05) is 12.8 Å². The Hall–Kier alpha value is -3.02. The highest BCUT2D eigenvalue weighted by Crippen LogP contribution is 2.55. The van der Waals surface area contributed by atoms with Gasteiger partial charge in [0.2, 0.25) is 15.9 Å². The Morgan fingerprint density at radius 3 is 2.35 bits per heavy atom. The van der Waals surface area contributed by atoms with Crippen LogP contribution in [0.5, 0.6) is 0 Å². The maximum Gasteiger partial charge on any atom is 0.237 e. The van der Waals surface area contributed by atoms with Gasteiger partial charge in [0, 0.05) is 60.5 Å². The zero-order valence-electron chi connectivity index (χ0n) is 24.6. The van der Waals surface area contributed by atoms with E-state index < -0.39 is 21.3 Å². The highest BCUT2D eigenvalue weighted by Gasteiger charge is 2.54. The van der Waals surface area contributed by atoms with Crippen LogP contribution in [0.15, 0.2) is 30.6 Å². The van der Waals surface area contributed by atoms with Gasteiger partial charge in [0.1, 0.15) is 5.82 Å². The van der Waals surface area contributed by atoms with Gasteiger partial charge in [-0.25, -0.2) is 17.8 Å². The van der Waals surface area contributed by atoms with Crippen LogP contribution in [0.25, 0.3) is 22.0 Å². The van der Waals surface area contributed by atoms with Crippen LogP contribution >= 0.6 is 12.4 Å². The molecule has 7 rings (SSSR count). The van der Waals surface area contributed by atoms with Gasteiger partial charge in [-0.15, -0.1) is 12.4 Å². The largest absolute Gasteiger partial charge is 0.355 e. The van der Waals surface area contributed by atoms with Crippen molar-refractivity contribution in [2.45, 2.75) is 62.8 Å². The van der Waals surface area contributed by atoms with Crippen LogP contribution < -0.4 is 14.5 Å². The van der Waals surface area contributed by atoms with Gasteiger partial charge in [0.25, 0.3) is 0 Å². The van der Waals surface area contributed by atoms with E-state index in [1.54, 1.807) is 36.5 Å². The van der Waals surface area contributed by atoms with Crippen molar-refractivity contribution in [3.8, 4) is 11.1 Å². The third-order valence-electron chi connectivity index (χ3n) is 9.84. The minimum Gasteiger partial charge on any atom is -0.355 e. The summed E-state index contributed by atoms with van der Waals surface area (Å²) in [6.45, 7) is 3.86. The molecule has 1 aliphatic carbocycles. The Morgan fingerprint density at radius 1 is 0.977 bits per heavy atom. The van der Waals surface area contributed by atoms with E-state index in [1.807, 2.05) is 0 Å². The molecular formula is C31H38ClFN6O3S. The van der Waals surface area contributed by atoms with Gasteiger partial charge in [-0.3, -0.25) is 14.5 Å². The van der Waals surface area contributed by atoms with Gasteiger partial charge in [-0.05, 0) is 63.7 Å². The number of amides is 1. The summed E-state index contributed by atoms with van der Waals surface area (Å²) in [5.41, 5.74) is 2.71. The molecule has 2 aromatic heterocycles. The summed E-state index contributed by atoms with van der Waals surface area (Å²) >= 11 is 0. The molecule has 1 aromatic carbocycles. The molecule has 1 saturated carbocycles. The van der Waals surface area contributed by atoms with E-state index in [0.717, 1.165) is 81.2 Å². The summed E-state index contributed by atoms with van der Waals surface area (Å²) in [7, 11) is -1.84. The molecule has 43 heavy (non-hydrogen) atoms. The van der Waals surface area contributed by atoms with Crippen molar-refractivity contribution in [2.75, 3.05) is 54.0 Å². The predicted molar refractivity (Wildman–Crippen MR) is 170 cm³/mol. The van der Waals surface area contributed by atoms with Crippen molar-refractivity contribution < 1.29 is 17.6 Å². The predicted octanol–water partition coefficient (Wildman–Crippen LogP) is 5.08. The number of fused-ring (bicyclic) bond motifs is 4. The van der Waals surface area contributed by atoms with Crippen LogP contribution in [-0.4, -0.2) is 74.7 Å². The van der Waals surface area contributed by atoms with E-state index in [4.69, 9.17) is 4.98 Å². The van der Waals surface area contributed by atoms with E-state index in [-0.39, 0.29) is 18.3 Å². The standard InChI is InChI=1S/C31H37FN6O3S.ClH/c1-36-27-19-33-25-17-24(32)22(16-23(25)28(27)31(30(36)39)9-6-10-31)20-15-26(35-42(2,40)41)29(34-18-20)38-13-7-21(8-14-38)37-11-4-3-5-12-37;/h15-19,21,35H,3-14H2,1-2H3;1H. The minimum absolute atomic E-state index is 0. The van der Waals surface area contributed by atoms with Crippen LogP contribution in [0.1, 0.15) is 56.9 Å². The first kappa shape index (κ1) is 30.0. The lowest BCUT2D eigenvalue weighted by molar-refractivity contribution is -0.125. The molecule has 0 unspecified atom stereocenters. The van der Waals surface area contributed by atoms with Crippen molar-refractivity contribution in [1.82, 2.24) is 14.9 Å². The number of nitrogens with one attached hydrogen (secondary N) is 1. The zero-order valence-corrected chi connectivity index (χ0v) is 26.2. The number of hydrogen-bond donors (Lipinski definition) is 1. The van der Waals surface area contributed by atoms with Crippen LogP contribution in [0.4, 0.5) is 21.6 Å². The first-order valence-corrected chi connectivity index (χ1v) is 16.9. The summed E-state index contributed by atoms with van der Waals surface area (Å²) in [6.07, 6.45) is 12.7. The van der Waals surface area contributed by atoms with Crippen LogP contribution in [-0.2, 0) is 20.2 Å². The van der Waals surface area contributed by atoms with Crippen LogP contribution in [0, 0.1) is 5.82 Å². The quantitative estimate of drug-likeness (QED) is 0.421. The Labute approximate surface area is 258 Å². The summed E-state index contributed by atoms with van der Waals surface area (Å²) < 4.78 is 43.1. The Kier molecular flexibility index (Phi) is 7.79. The van der Waals surface area contributed by atoms with Gasteiger partial charge in [-0.2, -0.15) is 0 Å². The van der Waals surface area contributed by atoms with E-state index >= 15 is 4.39 Å². The summed E-state index contributed by atoms with van der Waals surface area (Å²) in [6, 6.07) is 5.38. The van der Waals surface area contributed by atoms with Gasteiger partial charge in [0.05, 0.1) is 34.8 Å². The summed E-state index contributed by atoms with van der Waals surface area (Å²) in [5.74, 6) is 0.154. The first-order valence-electron chi connectivity index (χ1n) is 15.0. The number of carbonyl (C=O) groups excluding carboxylic acids is 1. The third kappa shape index (κ3) is 5.13. The lowest BCUT2D eigenvalue weighted by Crippen LogP contribution is -2.47. The van der Waals surface area contributed by atoms with Crippen LogP contribution in [0.2, 0.25) is 0 Å². The topological polar surface area (TPSA) is 98.7 Å². The molecule has 3 fully saturated rings. The summed E-state index contributed by atoms with van der Waals surface area (Å²) in [4.78, 5) is 28.8. The maximum atomic E-state index is 15.6. The molecular weight excluding hydrogens is 591 g/mol. The number of aromatic nitrogens is 2. The average molecular weight is 629 g/mol. The number of likely N-dealkylation sites (tertiary alicyclic amines) is 1. The average Bonchev–Trinajstić information content (AvgIpc) is 3.19. The van der Waals surface area contributed by atoms with Crippen molar-refractivity contribution in [3.05, 3.63) is 42.0 Å². The second-order valence-electron chi connectivity index (χ2n) is 12.5. The molecule has 3 aliphatic heterocycles. The number of nitrogens with zero attached hydrogens (tertiary/aromatic N) is 5. The second kappa shape index (κ2) is 11.2. The monoisotopic (exact) mass is 628 g/mol. The lowest BCUT2D eigenvalue weighted by Gasteiger charge is -2.41. The second-order valence-corrected chi connectivity index (χ2v) is 14.2. The number of anilines is 3. The smallest absolute Gasteiger partial charge is 0.237 e. The summed E-state index contributed by atoms with van der Waals surface area (Å²) in [5, 5.41) is 0.753. The van der Waals surface area contributed by atoms with Crippen molar-refractivity contribution in [3.63, 3.8) is 0 Å². The fraction of sp³-hybridized carbons (Fsp3) is 0.516. The third-order valence-corrected chi connectivity index (χ3v) is 10.4. The minimum atomic E-state index is -3.61. The molecule has 5 heterocycles. The molecule has 3 aromatic rings. The molecule has 4 aliphatic rings. The highest BCUT2D eigenvalue weighted by atomic mass is 35.5. The van der Waals surface area contributed by atoms with E-state index in [1.165, 1.54) is 25.3 Å². The molecule has 0 bridgehead atoms. The number of sulfonamides is 1. The first-order chi connectivity index (χ1) is 20.1. The number of likely N-dealkylation sites (N-methyl/N-ethyl adjacent to an activating group) is 1. The Bertz CT molecular complexity index is 1680. The molecule has 1 amide bonds. The number of piperidine rings is 2. The molecule has 2 saturated heterocycles. The number of rotatable bonds is 5. The zero-order chi connectivity index (χ0) is 29.2. The highest BCUT2D eigenvalue weighted by molar-refractivity contribution is 7.92. The SMILES string of the molecule is CN1C(=O)C2(CCC2)c2c1cnc1cc(F)c(-c3cnc(N4CCC(N5CCCCC5)CC4)c(NS(C)(=O)=O)c3)cc21.Cl. The fourth-order valence-corrected chi connectivity index (χ4v) is 8.12. The van der Waals surface area contributed by atoms with Crippen molar-refractivity contribution >= 4 is 56.4 Å². The number of hydrogen-bond acceptors (Lipinski definition) is 7. The number of benzene rings is 1. The molecule has 1 N–H and O–H groups in total. The lowest BCUT2D eigenvalue weighted by atomic mass is 9.64.